The fourth-order valence-electron chi connectivity index (χ4n) is 1.05. The number of carbonyl (C=O) groups excluding carboxylic acids is 1. The first kappa shape index (κ1) is 13.0. The lowest BCUT2D eigenvalue weighted by Gasteiger charge is -1.98. The van der Waals surface area contributed by atoms with Crippen molar-refractivity contribution in [2.24, 2.45) is 5.11 Å². The zero-order valence-electron chi connectivity index (χ0n) is 8.78. The molecule has 0 saturated heterocycles. The van der Waals surface area contributed by atoms with E-state index in [2.05, 4.69) is 14.8 Å². The molecule has 0 amide bonds. The van der Waals surface area contributed by atoms with Gasteiger partial charge in [-0.1, -0.05) is 17.7 Å². The maximum Gasteiger partial charge on any atom is 0.364 e. The van der Waals surface area contributed by atoms with Gasteiger partial charge >= 0.3 is 5.97 Å². The molecule has 0 spiro atoms. The Hall–Kier alpha value is -2.04. The summed E-state index contributed by atoms with van der Waals surface area (Å²) < 4.78 is 17.8. The number of hydrogen-bond donors (Lipinski definition) is 1. The number of esters is 1. The van der Waals surface area contributed by atoms with Gasteiger partial charge in [0.2, 0.25) is 10.6 Å². The summed E-state index contributed by atoms with van der Waals surface area (Å²) >= 11 is 5.58. The average molecular weight is 257 g/mol. The lowest BCUT2D eigenvalue weighted by atomic mass is 10.2. The summed E-state index contributed by atoms with van der Waals surface area (Å²) in [4.78, 5) is 13.9. The van der Waals surface area contributed by atoms with Gasteiger partial charge in [0.25, 0.3) is 0 Å². The molecule has 0 saturated carbocycles. The fraction of sp³-hybridized carbons (Fsp3) is 0.100. The van der Waals surface area contributed by atoms with Gasteiger partial charge in [-0.05, 0) is 18.2 Å². The molecule has 0 unspecified atom stereocenters. The van der Waals surface area contributed by atoms with E-state index in [4.69, 9.17) is 17.1 Å². The Bertz CT molecular complexity index is 524. The highest BCUT2D eigenvalue weighted by molar-refractivity contribution is 6.30. The van der Waals surface area contributed by atoms with E-state index in [0.717, 1.165) is 19.3 Å². The molecule has 1 aromatic carbocycles. The summed E-state index contributed by atoms with van der Waals surface area (Å²) in [7, 11) is 1.15. The van der Waals surface area contributed by atoms with Crippen LogP contribution < -0.4 is 4.91 Å². The minimum Gasteiger partial charge on any atom is -0.464 e. The number of carbonyl (C=O) groups is 1. The van der Waals surface area contributed by atoms with E-state index in [1.54, 1.807) is 0 Å². The summed E-state index contributed by atoms with van der Waals surface area (Å²) in [5.41, 5.74) is 6.37. The fourth-order valence-corrected chi connectivity index (χ4v) is 1.21. The van der Waals surface area contributed by atoms with Crippen LogP contribution in [0.3, 0.4) is 0 Å². The standard InChI is InChI=1S/C10H8ClFN3O2/c1-17-10(16)9(14-15-13)4-6-2-3-7(11)5-8(6)12/h2-5,13H,1H3/q+1/b9-4-. The summed E-state index contributed by atoms with van der Waals surface area (Å²) in [5.74, 6) is -1.42. The molecule has 1 aromatic rings. The van der Waals surface area contributed by atoms with Gasteiger partial charge in [0.1, 0.15) is 11.3 Å². The monoisotopic (exact) mass is 256 g/mol. The molecule has 7 heteroatoms. The van der Waals surface area contributed by atoms with Crippen LogP contribution in [0.1, 0.15) is 5.56 Å². The first-order valence-corrected chi connectivity index (χ1v) is 4.79. The molecule has 0 atom stereocenters. The summed E-state index contributed by atoms with van der Waals surface area (Å²) in [6.07, 6.45) is 1.12. The average Bonchev–Trinajstić information content (AvgIpc) is 2.30. The van der Waals surface area contributed by atoms with E-state index >= 15 is 0 Å². The van der Waals surface area contributed by atoms with Crippen LogP contribution in [0.4, 0.5) is 4.39 Å². The Morgan fingerprint density at radius 1 is 1.65 bits per heavy atom. The highest BCUT2D eigenvalue weighted by Gasteiger charge is 2.15. The molecular formula is C10H8ClFN3O2+. The third-order valence-corrected chi connectivity index (χ3v) is 2.04. The van der Waals surface area contributed by atoms with E-state index in [1.807, 2.05) is 0 Å². The van der Waals surface area contributed by atoms with E-state index in [0.29, 0.717) is 0 Å². The van der Waals surface area contributed by atoms with Crippen LogP contribution in [-0.4, -0.2) is 13.1 Å². The number of ether oxygens (including phenoxy) is 1. The van der Waals surface area contributed by atoms with Crippen molar-refractivity contribution in [1.82, 2.24) is 4.91 Å². The van der Waals surface area contributed by atoms with Crippen LogP contribution in [-0.2, 0) is 9.53 Å². The molecule has 17 heavy (non-hydrogen) atoms. The molecule has 0 radical (unpaired) electrons. The second-order valence-corrected chi connectivity index (χ2v) is 3.32. The number of methoxy groups -OCH3 is 1. The Morgan fingerprint density at radius 2 is 2.35 bits per heavy atom. The van der Waals surface area contributed by atoms with Crippen LogP contribution in [0, 0.1) is 11.3 Å². The maximum atomic E-state index is 13.4. The topological polar surface area (TPSA) is 76.6 Å². The maximum absolute atomic E-state index is 13.4. The molecule has 5 nitrogen and oxygen atoms in total. The highest BCUT2D eigenvalue weighted by atomic mass is 35.5. The Balaban J connectivity index is 3.21. The first-order valence-electron chi connectivity index (χ1n) is 4.41. The Morgan fingerprint density at radius 3 is 2.88 bits per heavy atom. The predicted molar refractivity (Wildman–Crippen MR) is 58.7 cm³/mol. The molecular weight excluding hydrogens is 249 g/mol. The number of nitrogens with one attached hydrogen (secondary N) is 1. The van der Waals surface area contributed by atoms with Crippen molar-refractivity contribution in [2.75, 3.05) is 7.11 Å². The number of hydrogen-bond acceptors (Lipinski definition) is 4. The van der Waals surface area contributed by atoms with Gasteiger partial charge in [0.15, 0.2) is 5.11 Å². The number of nitrogens with zero attached hydrogens (tertiary/aromatic N) is 2. The zero-order chi connectivity index (χ0) is 12.8. The lowest BCUT2D eigenvalue weighted by molar-refractivity contribution is -0.136. The zero-order valence-corrected chi connectivity index (χ0v) is 9.53. The van der Waals surface area contributed by atoms with Gasteiger partial charge in [-0.2, -0.15) is 0 Å². The van der Waals surface area contributed by atoms with Crippen LogP contribution in [0.5, 0.6) is 0 Å². The van der Waals surface area contributed by atoms with Gasteiger partial charge in [-0.15, -0.1) is 0 Å². The number of benzene rings is 1. The largest absolute Gasteiger partial charge is 0.464 e. The molecule has 0 bridgehead atoms. The molecule has 1 N–H and O–H groups in total. The SMILES string of the molecule is COC(=O)/C(=C/c1ccc(Cl)cc1F)N=[N+]=N. The molecule has 0 fully saturated rings. The van der Waals surface area contributed by atoms with Gasteiger partial charge in [0, 0.05) is 10.6 Å². The Kier molecular flexibility index (Phi) is 4.51. The molecule has 88 valence electrons. The second-order valence-electron chi connectivity index (χ2n) is 2.89. The minimum absolute atomic E-state index is 0.0993. The van der Waals surface area contributed by atoms with Gasteiger partial charge < -0.3 is 4.74 Å². The Labute approximate surface area is 101 Å². The van der Waals surface area contributed by atoms with Crippen LogP contribution in [0.2, 0.25) is 5.02 Å². The highest BCUT2D eigenvalue weighted by Crippen LogP contribution is 2.17. The normalized spacial score (nSPS) is 10.6. The molecule has 0 heterocycles. The van der Waals surface area contributed by atoms with Gasteiger partial charge in [-0.25, -0.2) is 9.18 Å². The summed E-state index contributed by atoms with van der Waals surface area (Å²) in [6, 6.07) is 3.93. The van der Waals surface area contributed by atoms with Crippen molar-refractivity contribution in [3.05, 3.63) is 40.3 Å². The number of halogens is 2. The van der Waals surface area contributed by atoms with E-state index in [9.17, 15) is 9.18 Å². The minimum atomic E-state index is -0.810. The van der Waals surface area contributed by atoms with E-state index in [1.165, 1.54) is 12.1 Å². The van der Waals surface area contributed by atoms with E-state index < -0.39 is 11.8 Å². The summed E-state index contributed by atoms with van der Waals surface area (Å²) in [6.45, 7) is 0. The van der Waals surface area contributed by atoms with Crippen LogP contribution >= 0.6 is 11.6 Å². The smallest absolute Gasteiger partial charge is 0.364 e. The lowest BCUT2D eigenvalue weighted by Crippen LogP contribution is -2.03. The van der Waals surface area contributed by atoms with Crippen LogP contribution in [0.25, 0.3) is 6.08 Å². The quantitative estimate of drug-likeness (QED) is 0.390. The van der Waals surface area contributed by atoms with Crippen molar-refractivity contribution in [2.45, 2.75) is 0 Å². The third kappa shape index (κ3) is 3.48. The third-order valence-electron chi connectivity index (χ3n) is 1.81. The molecule has 0 aliphatic carbocycles. The van der Waals surface area contributed by atoms with Crippen molar-refractivity contribution in [3.63, 3.8) is 0 Å². The molecule has 1 rings (SSSR count). The number of rotatable bonds is 3. The summed E-state index contributed by atoms with van der Waals surface area (Å²) in [5, 5.41) is 3.47. The van der Waals surface area contributed by atoms with Crippen molar-refractivity contribution < 1.29 is 13.9 Å². The second kappa shape index (κ2) is 5.89. The van der Waals surface area contributed by atoms with Crippen molar-refractivity contribution in [3.8, 4) is 0 Å². The van der Waals surface area contributed by atoms with E-state index in [-0.39, 0.29) is 16.3 Å². The van der Waals surface area contributed by atoms with Gasteiger partial charge in [0.05, 0.1) is 7.11 Å². The van der Waals surface area contributed by atoms with Crippen LogP contribution in [0.15, 0.2) is 29.0 Å². The predicted octanol–water partition coefficient (Wildman–Crippen LogP) is 2.54. The molecule has 0 aromatic heterocycles. The first-order chi connectivity index (χ1) is 8.08. The van der Waals surface area contributed by atoms with Gasteiger partial charge in [-0.3, -0.25) is 0 Å². The molecule has 0 aliphatic rings. The van der Waals surface area contributed by atoms with Crippen molar-refractivity contribution in [1.29, 1.82) is 5.53 Å². The molecule has 0 aliphatic heterocycles. The van der Waals surface area contributed by atoms with Crippen molar-refractivity contribution >= 4 is 23.6 Å².